The lowest BCUT2D eigenvalue weighted by atomic mass is 10.1. The molecule has 1 aromatic carbocycles. The Kier molecular flexibility index (Phi) is 4.29. The molecule has 0 aliphatic heterocycles. The molecule has 8 nitrogen and oxygen atoms in total. The number of rotatable bonds is 3. The van der Waals surface area contributed by atoms with E-state index in [-0.39, 0.29) is 45.2 Å². The number of hydrogen-bond donors (Lipinski definition) is 1. The van der Waals surface area contributed by atoms with Crippen LogP contribution in [0, 0.1) is 6.92 Å². The highest BCUT2D eigenvalue weighted by molar-refractivity contribution is 5.82. The molecule has 0 aliphatic carbocycles. The van der Waals surface area contributed by atoms with Gasteiger partial charge in [-0.2, -0.15) is 17.7 Å². The Morgan fingerprint density at radius 1 is 1.09 bits per heavy atom. The first kappa shape index (κ1) is 19.8. The van der Waals surface area contributed by atoms with Crippen molar-refractivity contribution in [2.45, 2.75) is 13.1 Å². The smallest absolute Gasteiger partial charge is 0.433 e. The van der Waals surface area contributed by atoms with Crippen molar-refractivity contribution in [1.29, 1.82) is 0 Å². The summed E-state index contributed by atoms with van der Waals surface area (Å²) in [5.74, 6) is 0.258. The van der Waals surface area contributed by atoms with E-state index in [0.717, 1.165) is 4.52 Å². The second-order valence-corrected chi connectivity index (χ2v) is 6.95. The predicted molar refractivity (Wildman–Crippen MR) is 108 cm³/mol. The van der Waals surface area contributed by atoms with Crippen molar-refractivity contribution < 1.29 is 22.3 Å². The summed E-state index contributed by atoms with van der Waals surface area (Å²) in [5, 5.41) is 2.17. The highest BCUT2D eigenvalue weighted by atomic mass is 19.4. The van der Waals surface area contributed by atoms with E-state index in [1.165, 1.54) is 32.4 Å². The lowest BCUT2D eigenvalue weighted by Gasteiger charge is -2.07. The molecule has 0 saturated heterocycles. The van der Waals surface area contributed by atoms with Crippen molar-refractivity contribution in [3.8, 4) is 28.3 Å². The summed E-state index contributed by atoms with van der Waals surface area (Å²) in [6.07, 6.45) is -3.29. The van der Waals surface area contributed by atoms with Crippen molar-refractivity contribution in [2.24, 2.45) is 0 Å². The predicted octanol–water partition coefficient (Wildman–Crippen LogP) is 4.23. The molecule has 4 aromatic heterocycles. The summed E-state index contributed by atoms with van der Waals surface area (Å²) in [7, 11) is 1.44. The Balaban J connectivity index is 1.82. The van der Waals surface area contributed by atoms with Gasteiger partial charge in [0.2, 0.25) is 5.89 Å². The molecule has 0 amide bonds. The van der Waals surface area contributed by atoms with Crippen molar-refractivity contribution in [1.82, 2.24) is 24.6 Å². The van der Waals surface area contributed by atoms with E-state index in [2.05, 4.69) is 20.1 Å². The zero-order valence-electron chi connectivity index (χ0n) is 16.7. The molecule has 0 fully saturated rings. The number of aromatic nitrogens is 5. The molecule has 32 heavy (non-hydrogen) atoms. The lowest BCUT2D eigenvalue weighted by Crippen LogP contribution is -2.20. The number of aromatic amines is 1. The molecule has 11 heteroatoms. The maximum absolute atomic E-state index is 13.8. The van der Waals surface area contributed by atoms with Gasteiger partial charge in [-0.1, -0.05) is 30.3 Å². The summed E-state index contributed by atoms with van der Waals surface area (Å²) < 4.78 is 53.1. The van der Waals surface area contributed by atoms with E-state index in [4.69, 9.17) is 9.15 Å². The van der Waals surface area contributed by atoms with Crippen LogP contribution in [-0.4, -0.2) is 31.7 Å². The van der Waals surface area contributed by atoms with Crippen molar-refractivity contribution in [2.75, 3.05) is 7.11 Å². The van der Waals surface area contributed by atoms with E-state index >= 15 is 0 Å². The molecule has 162 valence electrons. The largest absolute Gasteiger partial charge is 0.494 e. The molecule has 0 saturated carbocycles. The van der Waals surface area contributed by atoms with Gasteiger partial charge in [0.25, 0.3) is 11.3 Å². The van der Waals surface area contributed by atoms with Crippen LogP contribution < -0.4 is 10.3 Å². The molecule has 0 aliphatic rings. The van der Waals surface area contributed by atoms with E-state index in [1.807, 2.05) is 0 Å². The number of H-pyrrole nitrogens is 1. The van der Waals surface area contributed by atoms with E-state index < -0.39 is 17.4 Å². The third-order valence-electron chi connectivity index (χ3n) is 5.00. The fourth-order valence-electron chi connectivity index (χ4n) is 3.59. The van der Waals surface area contributed by atoms with Crippen LogP contribution in [0.25, 0.3) is 39.5 Å². The average molecular weight is 441 g/mol. The Morgan fingerprint density at radius 3 is 2.53 bits per heavy atom. The molecule has 0 radical (unpaired) electrons. The number of oxazole rings is 1. The highest BCUT2D eigenvalue weighted by Crippen LogP contribution is 2.38. The van der Waals surface area contributed by atoms with Crippen molar-refractivity contribution in [3.05, 3.63) is 64.3 Å². The van der Waals surface area contributed by atoms with Crippen LogP contribution in [0.4, 0.5) is 13.2 Å². The summed E-state index contributed by atoms with van der Waals surface area (Å²) in [5.41, 5.74) is -1.49. The normalized spacial score (nSPS) is 12.0. The summed E-state index contributed by atoms with van der Waals surface area (Å²) in [6, 6.07) is 9.51. The summed E-state index contributed by atoms with van der Waals surface area (Å²) in [6.45, 7) is 1.51. The maximum Gasteiger partial charge on any atom is 0.433 e. The number of ether oxygens (including phenoxy) is 1. The van der Waals surface area contributed by atoms with Crippen LogP contribution >= 0.6 is 0 Å². The van der Waals surface area contributed by atoms with Gasteiger partial charge >= 0.3 is 6.18 Å². The van der Waals surface area contributed by atoms with Crippen LogP contribution in [0.15, 0.2) is 51.8 Å². The van der Waals surface area contributed by atoms with Crippen LogP contribution in [0.5, 0.6) is 5.75 Å². The first-order valence-electron chi connectivity index (χ1n) is 9.37. The zero-order chi connectivity index (χ0) is 22.6. The van der Waals surface area contributed by atoms with Gasteiger partial charge in [-0.05, 0) is 12.5 Å². The number of fused-ring (bicyclic) bond motifs is 2. The molecule has 0 unspecified atom stereocenters. The number of aryl methyl sites for hydroxylation is 1. The van der Waals surface area contributed by atoms with E-state index in [1.54, 1.807) is 24.3 Å². The van der Waals surface area contributed by atoms with E-state index in [0.29, 0.717) is 5.75 Å². The third kappa shape index (κ3) is 2.93. The van der Waals surface area contributed by atoms with E-state index in [9.17, 15) is 18.0 Å². The van der Waals surface area contributed by atoms with Crippen molar-refractivity contribution in [3.63, 3.8) is 0 Å². The minimum atomic E-state index is -4.74. The van der Waals surface area contributed by atoms with Gasteiger partial charge < -0.3 is 9.15 Å². The Bertz CT molecular complexity index is 1530. The van der Waals surface area contributed by atoms with Gasteiger partial charge in [-0.15, -0.1) is 0 Å². The third-order valence-corrected chi connectivity index (χ3v) is 5.00. The molecule has 0 spiro atoms. The fourth-order valence-corrected chi connectivity index (χ4v) is 3.59. The number of nitrogens with one attached hydrogen (secondary N) is 1. The minimum Gasteiger partial charge on any atom is -0.494 e. The number of methoxy groups -OCH3 is 1. The van der Waals surface area contributed by atoms with Gasteiger partial charge in [0.05, 0.1) is 18.4 Å². The second-order valence-electron chi connectivity index (χ2n) is 6.95. The molecule has 1 N–H and O–H groups in total. The summed E-state index contributed by atoms with van der Waals surface area (Å²) in [4.78, 5) is 25.9. The number of nitrogens with zero attached hydrogens (tertiary/aromatic N) is 4. The lowest BCUT2D eigenvalue weighted by molar-refractivity contribution is -0.140. The zero-order valence-corrected chi connectivity index (χ0v) is 16.7. The van der Waals surface area contributed by atoms with Gasteiger partial charge in [-0.3, -0.25) is 9.89 Å². The first-order valence-corrected chi connectivity index (χ1v) is 9.37. The minimum absolute atomic E-state index is 0.0860. The number of pyridine rings is 1. The highest BCUT2D eigenvalue weighted by Gasteiger charge is 2.38. The Labute approximate surface area is 177 Å². The molecular formula is C21H14F3N5O3. The van der Waals surface area contributed by atoms with Gasteiger partial charge in [-0.25, -0.2) is 15.0 Å². The number of halogens is 3. The van der Waals surface area contributed by atoms with Crippen LogP contribution in [-0.2, 0) is 6.18 Å². The molecular weight excluding hydrogens is 427 g/mol. The molecule has 5 aromatic rings. The molecule has 0 bridgehead atoms. The quantitative estimate of drug-likeness (QED) is 0.450. The van der Waals surface area contributed by atoms with Crippen molar-refractivity contribution >= 4 is 16.9 Å². The second kappa shape index (κ2) is 6.94. The first-order chi connectivity index (χ1) is 15.3. The number of benzene rings is 1. The standard InChI is InChI=1S/C21H14F3N5O3/c1-10-13(18-27-15-12(31-2)8-9-25-19(15)32-18)20(30)29-17(26-10)14(11-6-4-3-5-7-11)16(28-29)21(22,23)24/h3-9,28H,1-2H3. The molecule has 5 rings (SSSR count). The number of alkyl halides is 3. The maximum atomic E-state index is 13.8. The van der Waals surface area contributed by atoms with Crippen LogP contribution in [0.2, 0.25) is 0 Å². The Morgan fingerprint density at radius 2 is 1.84 bits per heavy atom. The molecule has 0 atom stereocenters. The van der Waals surface area contributed by atoms with Gasteiger partial charge in [0.15, 0.2) is 16.9 Å². The summed E-state index contributed by atoms with van der Waals surface area (Å²) >= 11 is 0. The van der Waals surface area contributed by atoms with Gasteiger partial charge in [0, 0.05) is 12.3 Å². The number of hydrogen-bond acceptors (Lipinski definition) is 6. The molecule has 4 heterocycles. The topological polar surface area (TPSA) is 98.3 Å². The average Bonchev–Trinajstić information content (AvgIpc) is 3.36. The van der Waals surface area contributed by atoms with Crippen LogP contribution in [0.1, 0.15) is 11.4 Å². The van der Waals surface area contributed by atoms with Gasteiger partial charge in [0.1, 0.15) is 11.3 Å². The Hall–Kier alpha value is -4.15. The fraction of sp³-hybridized carbons (Fsp3) is 0.143. The van der Waals surface area contributed by atoms with Crippen LogP contribution in [0.3, 0.4) is 0 Å². The SMILES string of the molecule is COc1ccnc2oc(-c3c(C)nc4c(-c5ccccc5)c(C(F)(F)F)[nH]n4c3=O)nc12. The monoisotopic (exact) mass is 441 g/mol.